The Hall–Kier alpha value is -2.15. The van der Waals surface area contributed by atoms with E-state index in [4.69, 9.17) is 0 Å². The number of aromatic nitrogens is 4. The molecule has 3 aromatic heterocycles. The molecule has 0 aliphatic heterocycles. The van der Waals surface area contributed by atoms with Gasteiger partial charge in [-0.15, -0.1) is 0 Å². The van der Waals surface area contributed by atoms with Gasteiger partial charge < -0.3 is 10.3 Å². The van der Waals surface area contributed by atoms with Crippen LogP contribution in [-0.4, -0.2) is 25.3 Å². The van der Waals surface area contributed by atoms with E-state index in [9.17, 15) is 4.79 Å². The number of nitrogens with zero attached hydrogens (tertiary/aromatic N) is 3. The molecule has 0 aliphatic rings. The average molecular weight is 303 g/mol. The van der Waals surface area contributed by atoms with Crippen LogP contribution in [0.1, 0.15) is 46.3 Å². The number of carbonyl (C=O) groups is 1. The molecule has 1 amide bonds. The van der Waals surface area contributed by atoms with Gasteiger partial charge in [0.25, 0.3) is 5.91 Å². The molecule has 0 radical (unpaired) electrons. The van der Waals surface area contributed by atoms with Crippen molar-refractivity contribution in [2.45, 2.75) is 33.2 Å². The number of aromatic amines is 1. The lowest BCUT2D eigenvalue weighted by Crippen LogP contribution is -2.28. The molecule has 3 heterocycles. The Morgan fingerprint density at radius 2 is 2.29 bits per heavy atom. The summed E-state index contributed by atoms with van der Waals surface area (Å²) < 4.78 is 1.93. The number of rotatable bonds is 4. The number of H-pyrrole nitrogens is 1. The van der Waals surface area contributed by atoms with Gasteiger partial charge in [0.1, 0.15) is 10.7 Å². The van der Waals surface area contributed by atoms with E-state index in [0.717, 1.165) is 28.6 Å². The number of carbonyl (C=O) groups excluding carboxylic acids is 1. The van der Waals surface area contributed by atoms with Gasteiger partial charge in [0, 0.05) is 30.0 Å². The number of amides is 1. The van der Waals surface area contributed by atoms with Crippen LogP contribution in [0.5, 0.6) is 0 Å². The number of imidazole rings is 2. The van der Waals surface area contributed by atoms with Crippen molar-refractivity contribution in [2.75, 3.05) is 0 Å². The minimum absolute atomic E-state index is 0.0797. The maximum absolute atomic E-state index is 12.5. The molecule has 21 heavy (non-hydrogen) atoms. The maximum atomic E-state index is 12.5. The number of nitrogens with one attached hydrogen (secondary N) is 2. The first-order valence-corrected chi connectivity index (χ1v) is 7.66. The number of thiazole rings is 1. The van der Waals surface area contributed by atoms with Crippen LogP contribution in [0.4, 0.5) is 0 Å². The molecule has 1 unspecified atom stereocenters. The number of fused-ring (bicyclic) bond motifs is 1. The van der Waals surface area contributed by atoms with Crippen molar-refractivity contribution in [1.29, 1.82) is 0 Å². The summed E-state index contributed by atoms with van der Waals surface area (Å²) in [6, 6.07) is -0.111. The number of hydrogen-bond acceptors (Lipinski definition) is 4. The molecule has 3 rings (SSSR count). The third-order valence-corrected chi connectivity index (χ3v) is 4.63. The second kappa shape index (κ2) is 5.33. The van der Waals surface area contributed by atoms with E-state index in [1.54, 1.807) is 12.4 Å². The third-order valence-electron chi connectivity index (χ3n) is 3.46. The quantitative estimate of drug-likeness (QED) is 0.778. The SMILES string of the molecule is CCC(NC(=O)c1sc2nccn2c1C)c1ncc(C)[nH]1. The molecule has 7 heteroatoms. The molecule has 0 saturated carbocycles. The maximum Gasteiger partial charge on any atom is 0.263 e. The van der Waals surface area contributed by atoms with Crippen LogP contribution in [0, 0.1) is 13.8 Å². The molecule has 0 fully saturated rings. The normalized spacial score (nSPS) is 12.7. The first-order valence-electron chi connectivity index (χ1n) is 6.85. The fourth-order valence-electron chi connectivity index (χ4n) is 2.30. The van der Waals surface area contributed by atoms with Gasteiger partial charge in [-0.1, -0.05) is 18.3 Å². The molecule has 0 aliphatic carbocycles. The molecule has 1 atom stereocenters. The molecule has 0 aromatic carbocycles. The van der Waals surface area contributed by atoms with Gasteiger partial charge >= 0.3 is 0 Å². The smallest absolute Gasteiger partial charge is 0.263 e. The Balaban J connectivity index is 1.84. The van der Waals surface area contributed by atoms with Crippen molar-refractivity contribution in [2.24, 2.45) is 0 Å². The monoisotopic (exact) mass is 303 g/mol. The zero-order valence-electron chi connectivity index (χ0n) is 12.2. The van der Waals surface area contributed by atoms with Crippen LogP contribution in [0.15, 0.2) is 18.6 Å². The van der Waals surface area contributed by atoms with Gasteiger partial charge in [0.15, 0.2) is 4.96 Å². The van der Waals surface area contributed by atoms with Gasteiger partial charge in [-0.2, -0.15) is 0 Å². The lowest BCUT2D eigenvalue weighted by atomic mass is 10.2. The minimum atomic E-state index is -0.111. The van der Waals surface area contributed by atoms with E-state index in [1.165, 1.54) is 11.3 Å². The Kier molecular flexibility index (Phi) is 3.50. The van der Waals surface area contributed by atoms with Crippen molar-refractivity contribution >= 4 is 22.2 Å². The highest BCUT2D eigenvalue weighted by Crippen LogP contribution is 2.23. The highest BCUT2D eigenvalue weighted by Gasteiger charge is 2.21. The average Bonchev–Trinajstić information content (AvgIpc) is 3.14. The van der Waals surface area contributed by atoms with Crippen molar-refractivity contribution in [3.05, 3.63) is 40.7 Å². The summed E-state index contributed by atoms with van der Waals surface area (Å²) in [7, 11) is 0. The van der Waals surface area contributed by atoms with Crippen molar-refractivity contribution < 1.29 is 4.79 Å². The zero-order valence-corrected chi connectivity index (χ0v) is 13.0. The molecule has 110 valence electrons. The lowest BCUT2D eigenvalue weighted by Gasteiger charge is -2.14. The summed E-state index contributed by atoms with van der Waals surface area (Å²) in [6.07, 6.45) is 6.15. The summed E-state index contributed by atoms with van der Waals surface area (Å²) in [5.74, 6) is 0.714. The molecule has 0 bridgehead atoms. The summed E-state index contributed by atoms with van der Waals surface area (Å²) in [5.41, 5.74) is 1.90. The Morgan fingerprint density at radius 3 is 2.90 bits per heavy atom. The first kappa shape index (κ1) is 13.8. The fourth-order valence-corrected chi connectivity index (χ4v) is 3.29. The Labute approximate surface area is 126 Å². The van der Waals surface area contributed by atoms with E-state index in [-0.39, 0.29) is 11.9 Å². The predicted molar refractivity (Wildman–Crippen MR) is 81.6 cm³/mol. The number of hydrogen-bond donors (Lipinski definition) is 2. The molecule has 0 saturated heterocycles. The Bertz CT molecular complexity index is 784. The van der Waals surface area contributed by atoms with Gasteiger partial charge in [-0.05, 0) is 20.3 Å². The summed E-state index contributed by atoms with van der Waals surface area (Å²) in [4.78, 5) is 25.7. The van der Waals surface area contributed by atoms with E-state index in [2.05, 4.69) is 20.3 Å². The van der Waals surface area contributed by atoms with Gasteiger partial charge in [-0.25, -0.2) is 9.97 Å². The van der Waals surface area contributed by atoms with Gasteiger partial charge in [-0.3, -0.25) is 9.20 Å². The molecule has 3 aromatic rings. The van der Waals surface area contributed by atoms with Gasteiger partial charge in [0.2, 0.25) is 0 Å². The van der Waals surface area contributed by atoms with Crippen molar-refractivity contribution in [1.82, 2.24) is 24.7 Å². The highest BCUT2D eigenvalue weighted by molar-refractivity contribution is 7.19. The second-order valence-electron chi connectivity index (χ2n) is 4.98. The van der Waals surface area contributed by atoms with Crippen LogP contribution in [0.25, 0.3) is 4.96 Å². The minimum Gasteiger partial charge on any atom is -0.344 e. The van der Waals surface area contributed by atoms with Gasteiger partial charge in [0.05, 0.1) is 6.04 Å². The Morgan fingerprint density at radius 1 is 1.48 bits per heavy atom. The topological polar surface area (TPSA) is 75.1 Å². The van der Waals surface area contributed by atoms with Crippen LogP contribution < -0.4 is 5.32 Å². The predicted octanol–water partition coefficient (Wildman–Crippen LogP) is 2.62. The fraction of sp³-hybridized carbons (Fsp3) is 0.357. The van der Waals surface area contributed by atoms with E-state index < -0.39 is 0 Å². The summed E-state index contributed by atoms with van der Waals surface area (Å²) >= 11 is 1.40. The van der Waals surface area contributed by atoms with Crippen LogP contribution in [0.2, 0.25) is 0 Å². The second-order valence-corrected chi connectivity index (χ2v) is 5.96. The van der Waals surface area contributed by atoms with E-state index in [0.29, 0.717) is 4.88 Å². The van der Waals surface area contributed by atoms with Crippen LogP contribution >= 0.6 is 11.3 Å². The zero-order chi connectivity index (χ0) is 15.0. The number of aryl methyl sites for hydroxylation is 2. The molecule has 0 spiro atoms. The standard InChI is InChI=1S/C14H17N5OS/c1-4-10(12-16-7-8(2)17-12)18-13(20)11-9(3)19-6-5-15-14(19)21-11/h5-7,10H,4H2,1-3H3,(H,16,17)(H,18,20). The highest BCUT2D eigenvalue weighted by atomic mass is 32.1. The van der Waals surface area contributed by atoms with E-state index >= 15 is 0 Å². The first-order chi connectivity index (χ1) is 10.1. The van der Waals surface area contributed by atoms with Crippen LogP contribution in [0.3, 0.4) is 0 Å². The lowest BCUT2D eigenvalue weighted by molar-refractivity contribution is 0.0937. The molecular weight excluding hydrogens is 286 g/mol. The molecular formula is C14H17N5OS. The van der Waals surface area contributed by atoms with Crippen molar-refractivity contribution in [3.63, 3.8) is 0 Å². The molecule has 6 nitrogen and oxygen atoms in total. The third kappa shape index (κ3) is 2.44. The largest absolute Gasteiger partial charge is 0.344 e. The summed E-state index contributed by atoms with van der Waals surface area (Å²) in [5, 5.41) is 3.04. The molecule has 2 N–H and O–H groups in total. The van der Waals surface area contributed by atoms with Crippen LogP contribution in [-0.2, 0) is 0 Å². The summed E-state index contributed by atoms with van der Waals surface area (Å²) in [6.45, 7) is 5.90. The van der Waals surface area contributed by atoms with E-state index in [1.807, 2.05) is 31.4 Å². The van der Waals surface area contributed by atoms with Crippen molar-refractivity contribution in [3.8, 4) is 0 Å².